The van der Waals surface area contributed by atoms with E-state index in [0.717, 1.165) is 11.3 Å². The second kappa shape index (κ2) is 6.75. The molecule has 0 N–H and O–H groups in total. The summed E-state index contributed by atoms with van der Waals surface area (Å²) in [5.41, 5.74) is 1.64. The molecule has 0 heterocycles. The molecule has 1 unspecified atom stereocenters. The molecule has 106 valence electrons. The van der Waals surface area contributed by atoms with Crippen LogP contribution < -0.4 is 9.47 Å². The number of rotatable bonds is 5. The number of hydrogen-bond acceptors (Lipinski definition) is 2. The molecule has 2 nitrogen and oxygen atoms in total. The van der Waals surface area contributed by atoms with E-state index in [9.17, 15) is 4.39 Å². The Kier molecular flexibility index (Phi) is 5.01. The third-order valence-electron chi connectivity index (χ3n) is 3.12. The third-order valence-corrected chi connectivity index (χ3v) is 3.90. The molecule has 4 heteroatoms. The maximum atomic E-state index is 14.0. The molecule has 0 bridgehead atoms. The van der Waals surface area contributed by atoms with Crippen LogP contribution >= 0.6 is 15.9 Å². The number of methoxy groups -OCH3 is 2. The largest absolute Gasteiger partial charge is 0.497 e. The Morgan fingerprint density at radius 1 is 1.05 bits per heavy atom. The summed E-state index contributed by atoms with van der Waals surface area (Å²) in [7, 11) is 3.18. The molecular formula is C16H16BrFO2. The highest BCUT2D eigenvalue weighted by Gasteiger charge is 2.18. The highest BCUT2D eigenvalue weighted by atomic mass is 79.9. The molecule has 0 aliphatic rings. The van der Waals surface area contributed by atoms with Crippen molar-refractivity contribution in [3.63, 3.8) is 0 Å². The lowest BCUT2D eigenvalue weighted by Gasteiger charge is -2.15. The Hall–Kier alpha value is -1.55. The second-order valence-corrected chi connectivity index (χ2v) is 5.48. The van der Waals surface area contributed by atoms with Crippen molar-refractivity contribution in [3.8, 4) is 11.5 Å². The third kappa shape index (κ3) is 3.31. The quantitative estimate of drug-likeness (QED) is 0.746. The van der Waals surface area contributed by atoms with Crippen LogP contribution in [0.4, 0.5) is 4.39 Å². The van der Waals surface area contributed by atoms with Crippen LogP contribution in [-0.4, -0.2) is 14.2 Å². The van der Waals surface area contributed by atoms with E-state index in [2.05, 4.69) is 15.9 Å². The monoisotopic (exact) mass is 338 g/mol. The smallest absolute Gasteiger partial charge is 0.131 e. The van der Waals surface area contributed by atoms with Crippen molar-refractivity contribution in [3.05, 3.63) is 59.4 Å². The molecule has 2 aromatic carbocycles. The average Bonchev–Trinajstić information content (AvgIpc) is 2.47. The first kappa shape index (κ1) is 14.9. The zero-order valence-electron chi connectivity index (χ0n) is 11.4. The van der Waals surface area contributed by atoms with E-state index in [1.165, 1.54) is 6.07 Å². The van der Waals surface area contributed by atoms with Gasteiger partial charge in [-0.25, -0.2) is 4.39 Å². The minimum absolute atomic E-state index is 0.146. The lowest BCUT2D eigenvalue weighted by atomic mass is 10.0. The molecule has 0 saturated carbocycles. The molecule has 0 amide bonds. The molecule has 1 atom stereocenters. The number of benzene rings is 2. The first-order valence-electron chi connectivity index (χ1n) is 6.25. The van der Waals surface area contributed by atoms with Crippen LogP contribution in [0.15, 0.2) is 42.5 Å². The van der Waals surface area contributed by atoms with Crippen molar-refractivity contribution >= 4 is 15.9 Å². The van der Waals surface area contributed by atoms with Crippen LogP contribution in [0, 0.1) is 5.82 Å². The van der Waals surface area contributed by atoms with Crippen molar-refractivity contribution < 1.29 is 13.9 Å². The number of ether oxygens (including phenoxy) is 2. The molecular weight excluding hydrogens is 323 g/mol. The topological polar surface area (TPSA) is 18.5 Å². The van der Waals surface area contributed by atoms with Gasteiger partial charge in [0.15, 0.2) is 0 Å². The molecule has 0 saturated heterocycles. The Morgan fingerprint density at radius 2 is 1.75 bits per heavy atom. The van der Waals surface area contributed by atoms with E-state index in [-0.39, 0.29) is 10.6 Å². The van der Waals surface area contributed by atoms with E-state index in [1.807, 2.05) is 24.3 Å². The summed E-state index contributed by atoms with van der Waals surface area (Å²) < 4.78 is 24.3. The zero-order valence-corrected chi connectivity index (χ0v) is 13.0. The van der Waals surface area contributed by atoms with Gasteiger partial charge in [-0.2, -0.15) is 0 Å². The summed E-state index contributed by atoms with van der Waals surface area (Å²) in [5, 5.41) is 0. The fourth-order valence-corrected chi connectivity index (χ4v) is 2.89. The molecule has 0 aliphatic heterocycles. The first-order valence-corrected chi connectivity index (χ1v) is 7.16. The predicted octanol–water partition coefficient (Wildman–Crippen LogP) is 4.52. The van der Waals surface area contributed by atoms with Crippen molar-refractivity contribution in [2.75, 3.05) is 14.2 Å². The summed E-state index contributed by atoms with van der Waals surface area (Å²) in [6.07, 6.45) is 0.668. The van der Waals surface area contributed by atoms with Gasteiger partial charge in [-0.3, -0.25) is 0 Å². The fraction of sp³-hybridized carbons (Fsp3) is 0.250. The standard InChI is InChI=1S/C16H16BrFO2/c1-19-12-8-6-11(7-9-12)10-13(17)16-14(18)4-3-5-15(16)20-2/h3-9,13H,10H2,1-2H3. The molecule has 2 rings (SSSR count). The van der Waals surface area contributed by atoms with Crippen LogP contribution in [0.25, 0.3) is 0 Å². The van der Waals surface area contributed by atoms with E-state index in [1.54, 1.807) is 26.4 Å². The van der Waals surface area contributed by atoms with Gasteiger partial charge in [0.05, 0.1) is 19.0 Å². The summed E-state index contributed by atoms with van der Waals surface area (Å²) in [6, 6.07) is 12.6. The van der Waals surface area contributed by atoms with Crippen molar-refractivity contribution in [1.82, 2.24) is 0 Å². The SMILES string of the molecule is COc1ccc(CC(Br)c2c(F)cccc2OC)cc1. The molecule has 0 radical (unpaired) electrons. The number of alkyl halides is 1. The van der Waals surface area contributed by atoms with Gasteiger partial charge in [0, 0.05) is 5.56 Å². The lowest BCUT2D eigenvalue weighted by Crippen LogP contribution is -2.02. The van der Waals surface area contributed by atoms with Gasteiger partial charge in [-0.1, -0.05) is 34.1 Å². The van der Waals surface area contributed by atoms with Gasteiger partial charge < -0.3 is 9.47 Å². The van der Waals surface area contributed by atoms with Crippen molar-refractivity contribution in [1.29, 1.82) is 0 Å². The van der Waals surface area contributed by atoms with Gasteiger partial charge in [0.25, 0.3) is 0 Å². The maximum Gasteiger partial charge on any atom is 0.131 e. The van der Waals surface area contributed by atoms with E-state index < -0.39 is 0 Å². The van der Waals surface area contributed by atoms with Gasteiger partial charge in [-0.05, 0) is 36.2 Å². The zero-order chi connectivity index (χ0) is 14.5. The Bertz CT molecular complexity index is 569. The average molecular weight is 339 g/mol. The molecule has 0 aliphatic carbocycles. The second-order valence-electron chi connectivity index (χ2n) is 4.38. The minimum atomic E-state index is -0.264. The molecule has 2 aromatic rings. The molecule has 20 heavy (non-hydrogen) atoms. The molecule has 0 spiro atoms. The van der Waals surface area contributed by atoms with Gasteiger partial charge in [-0.15, -0.1) is 0 Å². The highest BCUT2D eigenvalue weighted by Crippen LogP contribution is 2.35. The fourth-order valence-electron chi connectivity index (χ4n) is 2.07. The lowest BCUT2D eigenvalue weighted by molar-refractivity contribution is 0.404. The molecule has 0 fully saturated rings. The van der Waals surface area contributed by atoms with Crippen LogP contribution in [0.2, 0.25) is 0 Å². The summed E-state index contributed by atoms with van der Waals surface area (Å²) in [5.74, 6) is 1.10. The molecule has 0 aromatic heterocycles. The van der Waals surface area contributed by atoms with Gasteiger partial charge in [0.2, 0.25) is 0 Å². The van der Waals surface area contributed by atoms with Crippen molar-refractivity contribution in [2.45, 2.75) is 11.2 Å². The van der Waals surface area contributed by atoms with Crippen LogP contribution in [-0.2, 0) is 6.42 Å². The van der Waals surface area contributed by atoms with Crippen LogP contribution in [0.1, 0.15) is 16.0 Å². The van der Waals surface area contributed by atoms with Gasteiger partial charge >= 0.3 is 0 Å². The maximum absolute atomic E-state index is 14.0. The number of hydrogen-bond donors (Lipinski definition) is 0. The van der Waals surface area contributed by atoms with Crippen molar-refractivity contribution in [2.24, 2.45) is 0 Å². The number of halogens is 2. The van der Waals surface area contributed by atoms with E-state index in [4.69, 9.17) is 9.47 Å². The highest BCUT2D eigenvalue weighted by molar-refractivity contribution is 9.09. The van der Waals surface area contributed by atoms with E-state index >= 15 is 0 Å². The Morgan fingerprint density at radius 3 is 2.35 bits per heavy atom. The Labute approximate surface area is 126 Å². The van der Waals surface area contributed by atoms with Gasteiger partial charge in [0.1, 0.15) is 17.3 Å². The predicted molar refractivity (Wildman–Crippen MR) is 81.3 cm³/mol. The first-order chi connectivity index (χ1) is 9.65. The van der Waals surface area contributed by atoms with E-state index in [0.29, 0.717) is 17.7 Å². The summed E-state index contributed by atoms with van der Waals surface area (Å²) in [4.78, 5) is -0.146. The summed E-state index contributed by atoms with van der Waals surface area (Å²) in [6.45, 7) is 0. The van der Waals surface area contributed by atoms with Crippen LogP contribution in [0.5, 0.6) is 11.5 Å². The summed E-state index contributed by atoms with van der Waals surface area (Å²) >= 11 is 3.55. The van der Waals surface area contributed by atoms with Crippen LogP contribution in [0.3, 0.4) is 0 Å². The normalized spacial score (nSPS) is 12.0. The Balaban J connectivity index is 2.21. The minimum Gasteiger partial charge on any atom is -0.497 e.